The van der Waals surface area contributed by atoms with E-state index < -0.39 is 0 Å². The summed E-state index contributed by atoms with van der Waals surface area (Å²) >= 11 is 7.99. The van der Waals surface area contributed by atoms with Crippen LogP contribution in [0, 0.1) is 0 Å². The van der Waals surface area contributed by atoms with E-state index >= 15 is 0 Å². The lowest BCUT2D eigenvalue weighted by Gasteiger charge is -2.15. The molecular formula is C14H19Cl2N3S. The highest BCUT2D eigenvalue weighted by molar-refractivity contribution is 7.98. The van der Waals surface area contributed by atoms with Crippen molar-refractivity contribution in [3.05, 3.63) is 34.9 Å². The molecule has 0 saturated heterocycles. The maximum Gasteiger partial charge on any atom is 0.131 e. The van der Waals surface area contributed by atoms with E-state index in [1.54, 1.807) is 11.8 Å². The van der Waals surface area contributed by atoms with Crippen LogP contribution in [0.1, 0.15) is 18.5 Å². The second-order valence-electron chi connectivity index (χ2n) is 4.45. The van der Waals surface area contributed by atoms with E-state index in [1.807, 2.05) is 25.1 Å². The number of nitrogens with one attached hydrogen (secondary N) is 1. The molecule has 2 aromatic rings. The molecule has 0 amide bonds. The van der Waals surface area contributed by atoms with Gasteiger partial charge in [-0.15, -0.1) is 12.4 Å². The van der Waals surface area contributed by atoms with Crippen LogP contribution in [0.5, 0.6) is 0 Å². The van der Waals surface area contributed by atoms with E-state index in [4.69, 9.17) is 17.3 Å². The number of aromatic nitrogens is 1. The molecule has 0 fully saturated rings. The first-order chi connectivity index (χ1) is 9.13. The van der Waals surface area contributed by atoms with E-state index in [-0.39, 0.29) is 18.4 Å². The number of nitrogens with two attached hydrogens (primary N) is 1. The van der Waals surface area contributed by atoms with Gasteiger partial charge in [0.25, 0.3) is 0 Å². The SMILES string of the molecule is CSCCNc1nc2c(Cl)cccc2cc1[C@H](C)N.Cl. The van der Waals surface area contributed by atoms with Crippen molar-refractivity contribution in [2.75, 3.05) is 23.9 Å². The van der Waals surface area contributed by atoms with Gasteiger partial charge in [0, 0.05) is 29.3 Å². The predicted molar refractivity (Wildman–Crippen MR) is 93.5 cm³/mol. The number of hydrogen-bond acceptors (Lipinski definition) is 4. The van der Waals surface area contributed by atoms with Gasteiger partial charge in [-0.05, 0) is 25.3 Å². The van der Waals surface area contributed by atoms with Crippen molar-refractivity contribution in [3.8, 4) is 0 Å². The summed E-state index contributed by atoms with van der Waals surface area (Å²) < 4.78 is 0. The average Bonchev–Trinajstić information content (AvgIpc) is 2.39. The Morgan fingerprint density at radius 1 is 1.45 bits per heavy atom. The number of anilines is 1. The molecule has 0 aliphatic carbocycles. The van der Waals surface area contributed by atoms with Gasteiger partial charge in [-0.2, -0.15) is 11.8 Å². The van der Waals surface area contributed by atoms with Gasteiger partial charge in [-0.1, -0.05) is 23.7 Å². The molecule has 2 rings (SSSR count). The van der Waals surface area contributed by atoms with Crippen molar-refractivity contribution in [3.63, 3.8) is 0 Å². The normalized spacial score (nSPS) is 12.0. The first-order valence-corrected chi connectivity index (χ1v) is 7.98. The number of halogens is 2. The highest BCUT2D eigenvalue weighted by Crippen LogP contribution is 2.28. The molecule has 0 spiro atoms. The molecule has 0 aliphatic rings. The minimum Gasteiger partial charge on any atom is -0.369 e. The molecule has 0 aliphatic heterocycles. The van der Waals surface area contributed by atoms with Gasteiger partial charge < -0.3 is 11.1 Å². The molecule has 0 saturated carbocycles. The first kappa shape index (κ1) is 17.4. The van der Waals surface area contributed by atoms with Crippen molar-refractivity contribution in [2.24, 2.45) is 5.73 Å². The molecule has 0 radical (unpaired) electrons. The summed E-state index contributed by atoms with van der Waals surface area (Å²) in [5.74, 6) is 1.87. The van der Waals surface area contributed by atoms with Crippen LogP contribution in [-0.4, -0.2) is 23.5 Å². The number of para-hydroxylation sites is 1. The van der Waals surface area contributed by atoms with Crippen LogP contribution < -0.4 is 11.1 Å². The molecule has 3 N–H and O–H groups in total. The summed E-state index contributed by atoms with van der Waals surface area (Å²) in [6.07, 6.45) is 2.08. The van der Waals surface area contributed by atoms with Gasteiger partial charge in [-0.3, -0.25) is 0 Å². The van der Waals surface area contributed by atoms with Crippen molar-refractivity contribution >= 4 is 52.5 Å². The molecule has 1 aromatic heterocycles. The van der Waals surface area contributed by atoms with E-state index in [9.17, 15) is 0 Å². The third-order valence-corrected chi connectivity index (χ3v) is 3.83. The van der Waals surface area contributed by atoms with Crippen LogP contribution in [0.2, 0.25) is 5.02 Å². The van der Waals surface area contributed by atoms with Gasteiger partial charge in [0.1, 0.15) is 5.82 Å². The highest BCUT2D eigenvalue weighted by Gasteiger charge is 2.11. The number of hydrogen-bond donors (Lipinski definition) is 2. The lowest BCUT2D eigenvalue weighted by molar-refractivity contribution is 0.815. The van der Waals surface area contributed by atoms with E-state index in [0.717, 1.165) is 34.6 Å². The summed E-state index contributed by atoms with van der Waals surface area (Å²) in [4.78, 5) is 4.64. The summed E-state index contributed by atoms with van der Waals surface area (Å²) in [6, 6.07) is 7.80. The average molecular weight is 332 g/mol. The highest BCUT2D eigenvalue weighted by atomic mass is 35.5. The number of benzene rings is 1. The third-order valence-electron chi connectivity index (χ3n) is 2.92. The maximum absolute atomic E-state index is 6.20. The quantitative estimate of drug-likeness (QED) is 0.809. The summed E-state index contributed by atoms with van der Waals surface area (Å²) in [6.45, 7) is 2.83. The van der Waals surface area contributed by atoms with Gasteiger partial charge in [-0.25, -0.2) is 4.98 Å². The smallest absolute Gasteiger partial charge is 0.131 e. The molecule has 20 heavy (non-hydrogen) atoms. The van der Waals surface area contributed by atoms with E-state index in [1.165, 1.54) is 0 Å². The topological polar surface area (TPSA) is 50.9 Å². The van der Waals surface area contributed by atoms with Crippen molar-refractivity contribution < 1.29 is 0 Å². The van der Waals surface area contributed by atoms with Crippen molar-refractivity contribution in [1.29, 1.82) is 0 Å². The minimum absolute atomic E-state index is 0. The number of rotatable bonds is 5. The molecule has 0 bridgehead atoms. The molecule has 1 heterocycles. The van der Waals surface area contributed by atoms with Crippen LogP contribution in [0.3, 0.4) is 0 Å². The molecule has 1 aromatic carbocycles. The van der Waals surface area contributed by atoms with Crippen LogP contribution >= 0.6 is 35.8 Å². The molecule has 3 nitrogen and oxygen atoms in total. The van der Waals surface area contributed by atoms with Crippen molar-refractivity contribution in [1.82, 2.24) is 4.98 Å². The largest absolute Gasteiger partial charge is 0.369 e. The summed E-state index contributed by atoms with van der Waals surface area (Å²) in [5, 5.41) is 5.04. The zero-order valence-corrected chi connectivity index (χ0v) is 13.9. The Morgan fingerprint density at radius 2 is 2.20 bits per heavy atom. The van der Waals surface area contributed by atoms with Gasteiger partial charge in [0.05, 0.1) is 10.5 Å². The Hall–Kier alpha value is -0.680. The number of pyridine rings is 1. The van der Waals surface area contributed by atoms with Gasteiger partial charge in [0.15, 0.2) is 0 Å². The molecule has 0 unspecified atom stereocenters. The fourth-order valence-electron chi connectivity index (χ4n) is 1.94. The maximum atomic E-state index is 6.20. The lowest BCUT2D eigenvalue weighted by Crippen LogP contribution is -2.13. The zero-order valence-electron chi connectivity index (χ0n) is 11.5. The fourth-order valence-corrected chi connectivity index (χ4v) is 2.47. The van der Waals surface area contributed by atoms with E-state index in [2.05, 4.69) is 22.6 Å². The summed E-state index contributed by atoms with van der Waals surface area (Å²) in [5.41, 5.74) is 7.87. The Labute approximate surface area is 135 Å². The fraction of sp³-hybridized carbons (Fsp3) is 0.357. The number of thioether (sulfide) groups is 1. The van der Waals surface area contributed by atoms with Crippen molar-refractivity contribution in [2.45, 2.75) is 13.0 Å². The molecule has 6 heteroatoms. The van der Waals surface area contributed by atoms with Crippen LogP contribution in [-0.2, 0) is 0 Å². The van der Waals surface area contributed by atoms with Gasteiger partial charge >= 0.3 is 0 Å². The summed E-state index contributed by atoms with van der Waals surface area (Å²) in [7, 11) is 0. The molecule has 1 atom stereocenters. The Bertz CT molecular complexity index is 576. The second-order valence-corrected chi connectivity index (χ2v) is 5.84. The molecular weight excluding hydrogens is 313 g/mol. The third kappa shape index (κ3) is 3.92. The monoisotopic (exact) mass is 331 g/mol. The van der Waals surface area contributed by atoms with Crippen LogP contribution in [0.25, 0.3) is 10.9 Å². The Kier molecular flexibility index (Phi) is 6.89. The molecule has 110 valence electrons. The van der Waals surface area contributed by atoms with Crippen LogP contribution in [0.15, 0.2) is 24.3 Å². The number of fused-ring (bicyclic) bond motifs is 1. The number of nitrogens with zero attached hydrogens (tertiary/aromatic N) is 1. The second kappa shape index (κ2) is 7.93. The Balaban J connectivity index is 0.00000200. The van der Waals surface area contributed by atoms with E-state index in [0.29, 0.717) is 5.02 Å². The first-order valence-electron chi connectivity index (χ1n) is 6.21. The zero-order chi connectivity index (χ0) is 13.8. The van der Waals surface area contributed by atoms with Gasteiger partial charge in [0.2, 0.25) is 0 Å². The van der Waals surface area contributed by atoms with Crippen LogP contribution in [0.4, 0.5) is 5.82 Å². The standard InChI is InChI=1S/C14H18ClN3S.ClH/c1-9(16)11-8-10-4-3-5-12(15)13(10)18-14(11)17-6-7-19-2;/h3-5,8-9H,6-7,16H2,1-2H3,(H,17,18);1H/t9-;/m0./s1. The minimum atomic E-state index is -0.0624. The lowest BCUT2D eigenvalue weighted by atomic mass is 10.1. The predicted octanol–water partition coefficient (Wildman–Crippen LogP) is 4.10. The Morgan fingerprint density at radius 3 is 2.85 bits per heavy atom.